The van der Waals surface area contributed by atoms with Crippen molar-refractivity contribution in [3.63, 3.8) is 0 Å². The maximum Gasteiger partial charge on any atom is 0.254 e. The maximum absolute atomic E-state index is 11.9. The first-order chi connectivity index (χ1) is 8.18. The average Bonchev–Trinajstić information content (AvgIpc) is 2.79. The van der Waals surface area contributed by atoms with E-state index in [1.807, 2.05) is 0 Å². The van der Waals surface area contributed by atoms with Crippen molar-refractivity contribution in [2.45, 2.75) is 6.54 Å². The van der Waals surface area contributed by atoms with Gasteiger partial charge in [0.05, 0.1) is 28.4 Å². The van der Waals surface area contributed by atoms with E-state index in [4.69, 9.17) is 27.6 Å². The highest BCUT2D eigenvalue weighted by Crippen LogP contribution is 2.23. The fraction of sp³-hybridized carbons (Fsp3) is 0.0833. The summed E-state index contributed by atoms with van der Waals surface area (Å²) in [6.07, 6.45) is 1.55. The Labute approximate surface area is 108 Å². The lowest BCUT2D eigenvalue weighted by atomic mass is 10.2. The van der Waals surface area contributed by atoms with Gasteiger partial charge in [-0.3, -0.25) is 4.79 Å². The number of hydrogen-bond donors (Lipinski definition) is 1. The van der Waals surface area contributed by atoms with Crippen LogP contribution >= 0.6 is 23.2 Å². The first-order valence-electron chi connectivity index (χ1n) is 4.93. The number of carbonyl (C=O) groups is 1. The van der Waals surface area contributed by atoms with Crippen LogP contribution in [0.1, 0.15) is 16.1 Å². The smallest absolute Gasteiger partial charge is 0.254 e. The lowest BCUT2D eigenvalue weighted by molar-refractivity contribution is 0.0948. The molecule has 2 rings (SSSR count). The second kappa shape index (κ2) is 5.25. The van der Waals surface area contributed by atoms with Crippen LogP contribution in [0.2, 0.25) is 10.0 Å². The summed E-state index contributed by atoms with van der Waals surface area (Å²) in [7, 11) is 0. The molecule has 0 bridgehead atoms. The zero-order valence-electron chi connectivity index (χ0n) is 8.74. The first-order valence-corrected chi connectivity index (χ1v) is 5.68. The fourth-order valence-electron chi connectivity index (χ4n) is 1.38. The SMILES string of the molecule is O=C(NCc1ccco1)c1c(Cl)cccc1Cl. The Hall–Kier alpha value is -1.45. The minimum Gasteiger partial charge on any atom is -0.467 e. The summed E-state index contributed by atoms with van der Waals surface area (Å²) in [4.78, 5) is 11.9. The van der Waals surface area contributed by atoms with Crippen LogP contribution in [0.5, 0.6) is 0 Å². The van der Waals surface area contributed by atoms with Gasteiger partial charge in [-0.25, -0.2) is 0 Å². The van der Waals surface area contributed by atoms with E-state index in [9.17, 15) is 4.79 Å². The second-order valence-corrected chi connectivity index (χ2v) is 4.17. The predicted molar refractivity (Wildman–Crippen MR) is 66.3 cm³/mol. The van der Waals surface area contributed by atoms with Crippen molar-refractivity contribution in [3.05, 3.63) is 58.0 Å². The van der Waals surface area contributed by atoms with Gasteiger partial charge in [0.25, 0.3) is 5.91 Å². The molecular weight excluding hydrogens is 261 g/mol. The minimum absolute atomic E-state index is 0.280. The number of halogens is 2. The van der Waals surface area contributed by atoms with Crippen molar-refractivity contribution < 1.29 is 9.21 Å². The molecular formula is C12H9Cl2NO2. The lowest BCUT2D eigenvalue weighted by Crippen LogP contribution is -2.23. The predicted octanol–water partition coefficient (Wildman–Crippen LogP) is 3.52. The number of hydrogen-bond acceptors (Lipinski definition) is 2. The van der Waals surface area contributed by atoms with E-state index in [0.717, 1.165) is 0 Å². The molecule has 1 aromatic carbocycles. The molecule has 0 aliphatic heterocycles. The number of rotatable bonds is 3. The second-order valence-electron chi connectivity index (χ2n) is 3.36. The Balaban J connectivity index is 2.10. The zero-order chi connectivity index (χ0) is 12.3. The van der Waals surface area contributed by atoms with E-state index >= 15 is 0 Å². The molecule has 88 valence electrons. The molecule has 0 fully saturated rings. The molecule has 1 N–H and O–H groups in total. The van der Waals surface area contributed by atoms with E-state index in [0.29, 0.717) is 22.4 Å². The molecule has 0 atom stereocenters. The number of amides is 1. The van der Waals surface area contributed by atoms with E-state index < -0.39 is 0 Å². The van der Waals surface area contributed by atoms with Crippen LogP contribution in [0, 0.1) is 0 Å². The van der Waals surface area contributed by atoms with E-state index in [-0.39, 0.29) is 11.5 Å². The number of nitrogens with one attached hydrogen (secondary N) is 1. The number of benzene rings is 1. The molecule has 1 heterocycles. The Morgan fingerprint density at radius 3 is 2.47 bits per heavy atom. The van der Waals surface area contributed by atoms with Crippen molar-refractivity contribution in [1.82, 2.24) is 5.32 Å². The summed E-state index contributed by atoms with van der Waals surface area (Å²) in [5.41, 5.74) is 0.280. The monoisotopic (exact) mass is 269 g/mol. The topological polar surface area (TPSA) is 42.2 Å². The molecule has 3 nitrogen and oxygen atoms in total. The summed E-state index contributed by atoms with van der Waals surface area (Å²) in [6, 6.07) is 8.46. The molecule has 5 heteroatoms. The van der Waals surface area contributed by atoms with Crippen LogP contribution in [0.3, 0.4) is 0 Å². The van der Waals surface area contributed by atoms with Crippen molar-refractivity contribution in [2.24, 2.45) is 0 Å². The van der Waals surface area contributed by atoms with Crippen molar-refractivity contribution in [3.8, 4) is 0 Å². The highest BCUT2D eigenvalue weighted by molar-refractivity contribution is 6.39. The van der Waals surface area contributed by atoms with Gasteiger partial charge in [0.1, 0.15) is 5.76 Å². The molecule has 17 heavy (non-hydrogen) atoms. The van der Waals surface area contributed by atoms with Crippen LogP contribution in [0.4, 0.5) is 0 Å². The van der Waals surface area contributed by atoms with Gasteiger partial charge in [0.2, 0.25) is 0 Å². The van der Waals surface area contributed by atoms with Crippen molar-refractivity contribution in [2.75, 3.05) is 0 Å². The molecule has 0 aliphatic rings. The maximum atomic E-state index is 11.9. The molecule has 0 radical (unpaired) electrons. The van der Waals surface area contributed by atoms with Gasteiger partial charge in [-0.15, -0.1) is 0 Å². The number of furan rings is 1. The van der Waals surface area contributed by atoms with Gasteiger partial charge in [-0.2, -0.15) is 0 Å². The normalized spacial score (nSPS) is 10.2. The molecule has 0 spiro atoms. The zero-order valence-corrected chi connectivity index (χ0v) is 10.3. The average molecular weight is 270 g/mol. The van der Waals surface area contributed by atoms with Crippen molar-refractivity contribution >= 4 is 29.1 Å². The third-order valence-corrected chi connectivity index (χ3v) is 2.82. The highest BCUT2D eigenvalue weighted by Gasteiger charge is 2.14. The Morgan fingerprint density at radius 2 is 1.88 bits per heavy atom. The Morgan fingerprint density at radius 1 is 1.18 bits per heavy atom. The first kappa shape index (κ1) is 12.0. The van der Waals surface area contributed by atoms with E-state index in [1.165, 1.54) is 0 Å². The van der Waals surface area contributed by atoms with Crippen LogP contribution in [0.15, 0.2) is 41.0 Å². The Kier molecular flexibility index (Phi) is 3.71. The quantitative estimate of drug-likeness (QED) is 0.927. The van der Waals surface area contributed by atoms with Gasteiger partial charge in [-0.05, 0) is 24.3 Å². The van der Waals surface area contributed by atoms with E-state index in [1.54, 1.807) is 36.6 Å². The molecule has 2 aromatic rings. The summed E-state index contributed by atoms with van der Waals surface area (Å²) in [5.74, 6) is 0.346. The molecule has 0 aliphatic carbocycles. The molecule has 0 saturated carbocycles. The summed E-state index contributed by atoms with van der Waals surface area (Å²) < 4.78 is 5.10. The third-order valence-electron chi connectivity index (χ3n) is 2.19. The van der Waals surface area contributed by atoms with Crippen LogP contribution in [0.25, 0.3) is 0 Å². The summed E-state index contributed by atoms with van der Waals surface area (Å²) in [6.45, 7) is 0.299. The molecule has 0 saturated heterocycles. The summed E-state index contributed by atoms with van der Waals surface area (Å²) >= 11 is 11.8. The minimum atomic E-state index is -0.322. The largest absolute Gasteiger partial charge is 0.467 e. The highest BCUT2D eigenvalue weighted by atomic mass is 35.5. The van der Waals surface area contributed by atoms with Crippen LogP contribution < -0.4 is 5.32 Å². The van der Waals surface area contributed by atoms with Crippen LogP contribution in [-0.2, 0) is 6.54 Å². The Bertz CT molecular complexity index is 503. The molecule has 1 amide bonds. The van der Waals surface area contributed by atoms with Crippen molar-refractivity contribution in [1.29, 1.82) is 0 Å². The van der Waals surface area contributed by atoms with E-state index in [2.05, 4.69) is 5.32 Å². The fourth-order valence-corrected chi connectivity index (χ4v) is 1.95. The number of carbonyl (C=O) groups excluding carboxylic acids is 1. The van der Waals surface area contributed by atoms with Gasteiger partial charge in [-0.1, -0.05) is 29.3 Å². The standard InChI is InChI=1S/C12H9Cl2NO2/c13-9-4-1-5-10(14)11(9)12(16)15-7-8-3-2-6-17-8/h1-6H,7H2,(H,15,16). The third kappa shape index (κ3) is 2.81. The van der Waals surface area contributed by atoms with Gasteiger partial charge < -0.3 is 9.73 Å². The van der Waals surface area contributed by atoms with Gasteiger partial charge >= 0.3 is 0 Å². The van der Waals surface area contributed by atoms with Gasteiger partial charge in [0.15, 0.2) is 0 Å². The van der Waals surface area contributed by atoms with Gasteiger partial charge in [0, 0.05) is 0 Å². The van der Waals surface area contributed by atoms with Crippen LogP contribution in [-0.4, -0.2) is 5.91 Å². The molecule has 0 unspecified atom stereocenters. The summed E-state index contributed by atoms with van der Waals surface area (Å²) in [5, 5.41) is 3.34. The lowest BCUT2D eigenvalue weighted by Gasteiger charge is -2.06. The molecule has 1 aromatic heterocycles.